The zero-order chi connectivity index (χ0) is 25.5. The van der Waals surface area contributed by atoms with Crippen molar-refractivity contribution < 1.29 is 23.4 Å². The number of fused-ring (bicyclic) bond motifs is 1. The highest BCUT2D eigenvalue weighted by Gasteiger charge is 2.31. The summed E-state index contributed by atoms with van der Waals surface area (Å²) in [6, 6.07) is 14.4. The molecule has 1 aromatic heterocycles. The molecule has 2 heterocycles. The van der Waals surface area contributed by atoms with Gasteiger partial charge in [-0.05, 0) is 23.8 Å². The van der Waals surface area contributed by atoms with Crippen LogP contribution in [0.25, 0.3) is 0 Å². The third-order valence-corrected chi connectivity index (χ3v) is 5.49. The summed E-state index contributed by atoms with van der Waals surface area (Å²) < 4.78 is 33.6. The van der Waals surface area contributed by atoms with Crippen LogP contribution in [-0.2, 0) is 6.54 Å². The molecule has 1 amide bonds. The molecule has 0 unspecified atom stereocenters. The third kappa shape index (κ3) is 6.10. The highest BCUT2D eigenvalue weighted by molar-refractivity contribution is 5.96. The predicted octanol–water partition coefficient (Wildman–Crippen LogP) is 4.19. The summed E-state index contributed by atoms with van der Waals surface area (Å²) in [7, 11) is 0. The number of aromatic nitrogens is 1. The molecular weight excluding hydrogens is 468 g/mol. The van der Waals surface area contributed by atoms with Gasteiger partial charge in [0.05, 0.1) is 6.54 Å². The molecule has 36 heavy (non-hydrogen) atoms. The van der Waals surface area contributed by atoms with E-state index in [0.29, 0.717) is 6.54 Å². The maximum Gasteiger partial charge on any atom is 0.278 e. The van der Waals surface area contributed by atoms with Gasteiger partial charge in [-0.3, -0.25) is 19.3 Å². The van der Waals surface area contributed by atoms with Gasteiger partial charge in [0, 0.05) is 18.8 Å². The average molecular weight is 496 g/mol. The van der Waals surface area contributed by atoms with E-state index in [0.717, 1.165) is 11.6 Å². The van der Waals surface area contributed by atoms with Crippen LogP contribution in [0.2, 0.25) is 0 Å². The minimum Gasteiger partial charge on any atom is -0.502 e. The topological polar surface area (TPSA) is 75.0 Å². The molecule has 1 N–H and O–H groups in total. The van der Waals surface area contributed by atoms with Gasteiger partial charge in [0.1, 0.15) is 13.3 Å². The zero-order valence-corrected chi connectivity index (χ0v) is 19.6. The number of nitrogens with zero attached hydrogens (tertiary/aromatic N) is 3. The van der Waals surface area contributed by atoms with Crippen molar-refractivity contribution in [2.75, 3.05) is 24.8 Å². The fourth-order valence-corrected chi connectivity index (χ4v) is 3.50. The van der Waals surface area contributed by atoms with Crippen LogP contribution in [0.1, 0.15) is 35.3 Å². The van der Waals surface area contributed by atoms with Gasteiger partial charge < -0.3 is 14.7 Å². The van der Waals surface area contributed by atoms with Crippen molar-refractivity contribution in [3.63, 3.8) is 0 Å². The number of carbonyl (C=O) groups is 1. The first-order valence-electron chi connectivity index (χ1n) is 11.7. The highest BCUT2D eigenvalue weighted by Crippen LogP contribution is 2.22. The molecule has 0 saturated heterocycles. The van der Waals surface area contributed by atoms with Crippen molar-refractivity contribution >= 4 is 5.91 Å². The van der Waals surface area contributed by atoms with E-state index < -0.39 is 28.7 Å². The monoisotopic (exact) mass is 495 g/mol. The van der Waals surface area contributed by atoms with Crippen LogP contribution in [0, 0.1) is 11.6 Å². The molecule has 2 aromatic carbocycles. The second-order valence-electron chi connectivity index (χ2n) is 8.44. The Bertz CT molecular complexity index is 1290. The molecule has 1 saturated carbocycles. The van der Waals surface area contributed by atoms with Crippen LogP contribution in [0.15, 0.2) is 77.7 Å². The Balaban J connectivity index is 0.000000943. The van der Waals surface area contributed by atoms with E-state index >= 15 is 0 Å². The highest BCUT2D eigenvalue weighted by atomic mass is 19.2. The van der Waals surface area contributed by atoms with Gasteiger partial charge in [0.15, 0.2) is 23.0 Å². The lowest BCUT2D eigenvalue weighted by molar-refractivity contribution is 0.0706. The van der Waals surface area contributed by atoms with Crippen molar-refractivity contribution in [1.82, 2.24) is 9.58 Å². The first-order chi connectivity index (χ1) is 17.5. The van der Waals surface area contributed by atoms with Gasteiger partial charge in [-0.1, -0.05) is 61.7 Å². The van der Waals surface area contributed by atoms with Crippen molar-refractivity contribution in [1.29, 1.82) is 0 Å². The standard InChI is InChI=1S/C24H21F2N3O4.C3H6/c25-18-9-6-10-20(21(18)26)33-14-5-4-12-27-16-28(15-17-7-2-1-3-8-17)29-13-11-19(30)23(31)22(29)24(27)32;1-2-3-1/h1-11,13,31H,12,14-16H2;1-3H2/b5-4+;. The number of rotatable bonds is 7. The minimum absolute atomic E-state index is 0.0303. The Kier molecular flexibility index (Phi) is 7.99. The number of carbonyl (C=O) groups excluding carboxylic acids is 1. The van der Waals surface area contributed by atoms with Crippen molar-refractivity contribution in [3.05, 3.63) is 106 Å². The Hall–Kier alpha value is -4.14. The lowest BCUT2D eigenvalue weighted by atomic mass is 10.2. The smallest absolute Gasteiger partial charge is 0.278 e. The van der Waals surface area contributed by atoms with E-state index in [1.165, 1.54) is 53.2 Å². The van der Waals surface area contributed by atoms with E-state index in [2.05, 4.69) is 0 Å². The van der Waals surface area contributed by atoms with Crippen LogP contribution in [0.4, 0.5) is 8.78 Å². The third-order valence-electron chi connectivity index (χ3n) is 5.49. The predicted molar refractivity (Wildman–Crippen MR) is 131 cm³/mol. The van der Waals surface area contributed by atoms with Crippen molar-refractivity contribution in [2.45, 2.75) is 25.8 Å². The van der Waals surface area contributed by atoms with Gasteiger partial charge in [0.2, 0.25) is 11.2 Å². The van der Waals surface area contributed by atoms with Crippen LogP contribution < -0.4 is 15.2 Å². The van der Waals surface area contributed by atoms with E-state index in [4.69, 9.17) is 4.74 Å². The van der Waals surface area contributed by atoms with Gasteiger partial charge >= 0.3 is 0 Å². The molecule has 0 bridgehead atoms. The molecule has 188 valence electrons. The Morgan fingerprint density at radius 1 is 0.944 bits per heavy atom. The van der Waals surface area contributed by atoms with Crippen LogP contribution >= 0.6 is 0 Å². The van der Waals surface area contributed by atoms with Crippen molar-refractivity contribution in [2.24, 2.45) is 0 Å². The summed E-state index contributed by atoms with van der Waals surface area (Å²) in [5.74, 6) is -3.38. The summed E-state index contributed by atoms with van der Waals surface area (Å²) >= 11 is 0. The summed E-state index contributed by atoms with van der Waals surface area (Å²) in [6.45, 7) is 0.761. The molecule has 0 atom stereocenters. The lowest BCUT2D eigenvalue weighted by Crippen LogP contribution is -2.53. The SMILES string of the molecule is C1CC1.O=C1c2c(O)c(=O)ccn2N(Cc2ccccc2)CN1C/C=C/COc1cccc(F)c1F. The molecular formula is C27H27F2N3O4. The largest absolute Gasteiger partial charge is 0.502 e. The Morgan fingerprint density at radius 2 is 1.69 bits per heavy atom. The number of hydrogen-bond acceptors (Lipinski definition) is 5. The van der Waals surface area contributed by atoms with E-state index in [1.807, 2.05) is 35.3 Å². The molecule has 3 aromatic rings. The first-order valence-corrected chi connectivity index (χ1v) is 11.7. The molecule has 1 aliphatic heterocycles. The number of halogens is 2. The Morgan fingerprint density at radius 3 is 2.42 bits per heavy atom. The van der Waals surface area contributed by atoms with Crippen molar-refractivity contribution in [3.8, 4) is 11.5 Å². The van der Waals surface area contributed by atoms with Gasteiger partial charge in [-0.25, -0.2) is 4.39 Å². The second kappa shape index (κ2) is 11.5. The summed E-state index contributed by atoms with van der Waals surface area (Å²) in [5.41, 5.74) is 0.227. The zero-order valence-electron chi connectivity index (χ0n) is 19.6. The molecule has 1 fully saturated rings. The van der Waals surface area contributed by atoms with E-state index in [1.54, 1.807) is 12.2 Å². The number of amides is 1. The summed E-state index contributed by atoms with van der Waals surface area (Å²) in [6.07, 6.45) is 9.18. The number of pyridine rings is 1. The number of hydrogen-bond donors (Lipinski definition) is 1. The fraction of sp³-hybridized carbons (Fsp3) is 0.259. The first kappa shape index (κ1) is 25.0. The van der Waals surface area contributed by atoms with Crippen LogP contribution in [0.3, 0.4) is 0 Å². The molecule has 7 nitrogen and oxygen atoms in total. The molecule has 2 aliphatic rings. The molecule has 9 heteroatoms. The van der Waals surface area contributed by atoms with E-state index in [9.17, 15) is 23.5 Å². The molecule has 0 radical (unpaired) electrons. The molecule has 0 spiro atoms. The Labute approximate surface area is 207 Å². The van der Waals surface area contributed by atoms with Crippen LogP contribution in [0.5, 0.6) is 11.5 Å². The van der Waals surface area contributed by atoms with E-state index in [-0.39, 0.29) is 31.3 Å². The lowest BCUT2D eigenvalue weighted by Gasteiger charge is -2.39. The minimum atomic E-state index is -1.06. The number of aromatic hydroxyl groups is 1. The number of benzene rings is 2. The van der Waals surface area contributed by atoms with Gasteiger partial charge in [-0.2, -0.15) is 4.39 Å². The number of ether oxygens (including phenoxy) is 1. The molecule has 1 aliphatic carbocycles. The molecule has 5 rings (SSSR count). The quantitative estimate of drug-likeness (QED) is 0.498. The summed E-state index contributed by atoms with van der Waals surface area (Å²) in [4.78, 5) is 26.4. The van der Waals surface area contributed by atoms with Crippen LogP contribution in [-0.4, -0.2) is 40.4 Å². The van der Waals surface area contributed by atoms with Gasteiger partial charge in [0.25, 0.3) is 5.91 Å². The fourth-order valence-electron chi connectivity index (χ4n) is 3.50. The average Bonchev–Trinajstić information content (AvgIpc) is 3.76. The normalized spacial score (nSPS) is 14.3. The second-order valence-corrected chi connectivity index (χ2v) is 8.44. The maximum atomic E-state index is 13.7. The maximum absolute atomic E-state index is 13.7. The summed E-state index contributed by atoms with van der Waals surface area (Å²) in [5, 5.41) is 12.1. The van der Waals surface area contributed by atoms with Gasteiger partial charge in [-0.15, -0.1) is 0 Å².